The van der Waals surface area contributed by atoms with Crippen LogP contribution in [0.1, 0.15) is 12.5 Å². The molecule has 0 amide bonds. The van der Waals surface area contributed by atoms with E-state index in [1.807, 2.05) is 0 Å². The number of hydrogen-bond donors (Lipinski definition) is 1. The lowest BCUT2D eigenvalue weighted by atomic mass is 9.91. The lowest BCUT2D eigenvalue weighted by Gasteiger charge is -2.28. The molecule has 2 rings (SSSR count). The number of carbonyl (C=O) groups is 1. The molecule has 0 saturated heterocycles. The van der Waals surface area contributed by atoms with Gasteiger partial charge in [0, 0.05) is 18.0 Å². The molecule has 0 fully saturated rings. The summed E-state index contributed by atoms with van der Waals surface area (Å²) >= 11 is 0. The van der Waals surface area contributed by atoms with E-state index in [-0.39, 0.29) is 13.3 Å². The molecule has 1 atom stereocenters. The molecule has 0 bridgehead atoms. The first-order chi connectivity index (χ1) is 10.1. The van der Waals surface area contributed by atoms with Crippen LogP contribution < -0.4 is 14.8 Å². The van der Waals surface area contributed by atoms with E-state index in [1.54, 1.807) is 25.1 Å². The van der Waals surface area contributed by atoms with E-state index in [0.29, 0.717) is 23.6 Å². The van der Waals surface area contributed by atoms with Crippen molar-refractivity contribution in [3.63, 3.8) is 0 Å². The van der Waals surface area contributed by atoms with Crippen molar-refractivity contribution >= 4 is 5.97 Å². The largest absolute Gasteiger partial charge is 0.467 e. The standard InChI is InChI=1S/C13H16N4O4/c1-13(12(18)19-2,15-5-6-16-17-14)9-3-4-10-11(7-9)21-8-20-10/h3-4,7,15H,5-6,8H2,1-2H3. The summed E-state index contributed by atoms with van der Waals surface area (Å²) in [5.41, 5.74) is 7.89. The monoisotopic (exact) mass is 292 g/mol. The second-order valence-electron chi connectivity index (χ2n) is 4.57. The first kappa shape index (κ1) is 15.0. The fraction of sp³-hybridized carbons (Fsp3) is 0.462. The summed E-state index contributed by atoms with van der Waals surface area (Å²) in [5.74, 6) is 0.779. The number of fused-ring (bicyclic) bond motifs is 1. The van der Waals surface area contributed by atoms with Crippen molar-refractivity contribution < 1.29 is 19.0 Å². The topological polar surface area (TPSA) is 106 Å². The molecule has 112 valence electrons. The van der Waals surface area contributed by atoms with E-state index >= 15 is 0 Å². The fourth-order valence-electron chi connectivity index (χ4n) is 2.10. The second kappa shape index (κ2) is 6.34. The van der Waals surface area contributed by atoms with Gasteiger partial charge in [-0.2, -0.15) is 0 Å². The van der Waals surface area contributed by atoms with Gasteiger partial charge in [-0.05, 0) is 30.2 Å². The van der Waals surface area contributed by atoms with E-state index in [9.17, 15) is 4.79 Å². The Bertz CT molecular complexity index is 586. The van der Waals surface area contributed by atoms with Crippen molar-refractivity contribution in [3.8, 4) is 11.5 Å². The smallest absolute Gasteiger partial charge is 0.330 e. The molecular formula is C13H16N4O4. The van der Waals surface area contributed by atoms with Gasteiger partial charge in [-0.1, -0.05) is 11.2 Å². The highest BCUT2D eigenvalue weighted by Gasteiger charge is 2.36. The molecule has 1 aliphatic heterocycles. The highest BCUT2D eigenvalue weighted by molar-refractivity contribution is 5.82. The minimum Gasteiger partial charge on any atom is -0.467 e. The normalized spacial score (nSPS) is 15.0. The van der Waals surface area contributed by atoms with Gasteiger partial charge >= 0.3 is 5.97 Å². The number of carbonyl (C=O) groups excluding carboxylic acids is 1. The molecule has 1 aromatic carbocycles. The third-order valence-corrected chi connectivity index (χ3v) is 3.30. The third-order valence-electron chi connectivity index (χ3n) is 3.30. The van der Waals surface area contributed by atoms with Crippen molar-refractivity contribution in [3.05, 3.63) is 34.2 Å². The number of azide groups is 1. The van der Waals surface area contributed by atoms with Crippen LogP contribution in [-0.2, 0) is 15.1 Å². The maximum Gasteiger partial charge on any atom is 0.330 e. The zero-order valence-corrected chi connectivity index (χ0v) is 11.8. The fourth-order valence-corrected chi connectivity index (χ4v) is 2.10. The van der Waals surface area contributed by atoms with Gasteiger partial charge in [-0.25, -0.2) is 4.79 Å². The van der Waals surface area contributed by atoms with Crippen LogP contribution in [0.15, 0.2) is 23.3 Å². The minimum absolute atomic E-state index is 0.165. The maximum atomic E-state index is 12.1. The summed E-state index contributed by atoms with van der Waals surface area (Å²) in [7, 11) is 1.32. The number of hydrogen-bond acceptors (Lipinski definition) is 6. The third kappa shape index (κ3) is 3.01. The molecule has 8 nitrogen and oxygen atoms in total. The Morgan fingerprint density at radius 2 is 2.29 bits per heavy atom. The van der Waals surface area contributed by atoms with Crippen LogP contribution in [0.4, 0.5) is 0 Å². The Labute approximate surface area is 121 Å². The van der Waals surface area contributed by atoms with Gasteiger partial charge in [0.2, 0.25) is 6.79 Å². The van der Waals surface area contributed by atoms with Gasteiger partial charge in [0.25, 0.3) is 0 Å². The lowest BCUT2D eigenvalue weighted by Crippen LogP contribution is -2.48. The van der Waals surface area contributed by atoms with E-state index in [1.165, 1.54) is 7.11 Å². The molecule has 1 aromatic rings. The summed E-state index contributed by atoms with van der Waals surface area (Å²) in [6, 6.07) is 5.25. The highest BCUT2D eigenvalue weighted by atomic mass is 16.7. The van der Waals surface area contributed by atoms with Gasteiger partial charge < -0.3 is 14.2 Å². The molecule has 1 unspecified atom stereocenters. The molecule has 0 spiro atoms. The molecule has 1 N–H and O–H groups in total. The Morgan fingerprint density at radius 1 is 1.52 bits per heavy atom. The summed E-state index contributed by atoms with van der Waals surface area (Å²) in [5, 5.41) is 6.49. The Hall–Kier alpha value is -2.44. The van der Waals surface area contributed by atoms with Gasteiger partial charge in [0.15, 0.2) is 11.5 Å². The number of nitrogens with one attached hydrogen (secondary N) is 1. The van der Waals surface area contributed by atoms with E-state index in [4.69, 9.17) is 19.7 Å². The molecule has 0 aromatic heterocycles. The van der Waals surface area contributed by atoms with Gasteiger partial charge in [0.05, 0.1) is 7.11 Å². The number of esters is 1. The number of ether oxygens (including phenoxy) is 3. The average Bonchev–Trinajstić information content (AvgIpc) is 2.98. The lowest BCUT2D eigenvalue weighted by molar-refractivity contribution is -0.148. The van der Waals surface area contributed by atoms with Crippen LogP contribution in [0.3, 0.4) is 0 Å². The SMILES string of the molecule is COC(=O)C(C)(NCCN=[N+]=[N-])c1ccc2c(c1)OCO2. The van der Waals surface area contributed by atoms with Crippen molar-refractivity contribution in [1.29, 1.82) is 0 Å². The van der Waals surface area contributed by atoms with Gasteiger partial charge in [0.1, 0.15) is 5.54 Å². The molecular weight excluding hydrogens is 276 g/mol. The quantitative estimate of drug-likeness (QED) is 0.282. The summed E-state index contributed by atoms with van der Waals surface area (Å²) < 4.78 is 15.4. The van der Waals surface area contributed by atoms with Crippen molar-refractivity contribution in [2.45, 2.75) is 12.5 Å². The Kier molecular flexibility index (Phi) is 4.52. The van der Waals surface area contributed by atoms with Gasteiger partial charge in [-0.15, -0.1) is 0 Å². The van der Waals surface area contributed by atoms with E-state index in [2.05, 4.69) is 15.3 Å². The first-order valence-electron chi connectivity index (χ1n) is 6.36. The summed E-state index contributed by atoms with van der Waals surface area (Å²) in [6.07, 6.45) is 0. The van der Waals surface area contributed by atoms with E-state index in [0.717, 1.165) is 0 Å². The molecule has 0 aliphatic carbocycles. The average molecular weight is 292 g/mol. The van der Waals surface area contributed by atoms with Crippen LogP contribution in [0.5, 0.6) is 11.5 Å². The molecule has 21 heavy (non-hydrogen) atoms. The van der Waals surface area contributed by atoms with Crippen LogP contribution in [0.25, 0.3) is 10.4 Å². The van der Waals surface area contributed by atoms with E-state index < -0.39 is 11.5 Å². The number of nitrogens with zero attached hydrogens (tertiary/aromatic N) is 3. The maximum absolute atomic E-state index is 12.1. The molecule has 1 aliphatic rings. The number of benzene rings is 1. The summed E-state index contributed by atoms with van der Waals surface area (Å²) in [4.78, 5) is 14.8. The zero-order valence-electron chi connectivity index (χ0n) is 11.8. The van der Waals surface area contributed by atoms with Crippen molar-refractivity contribution in [2.75, 3.05) is 27.0 Å². The predicted octanol–water partition coefficient (Wildman–Crippen LogP) is 1.70. The number of rotatable bonds is 6. The Morgan fingerprint density at radius 3 is 3.00 bits per heavy atom. The molecule has 0 radical (unpaired) electrons. The second-order valence-corrected chi connectivity index (χ2v) is 4.57. The van der Waals surface area contributed by atoms with Crippen molar-refractivity contribution in [2.24, 2.45) is 5.11 Å². The first-order valence-corrected chi connectivity index (χ1v) is 6.36. The van der Waals surface area contributed by atoms with Crippen LogP contribution >= 0.6 is 0 Å². The highest BCUT2D eigenvalue weighted by Crippen LogP contribution is 2.36. The molecule has 0 saturated carbocycles. The number of methoxy groups -OCH3 is 1. The minimum atomic E-state index is -1.07. The molecule has 8 heteroatoms. The predicted molar refractivity (Wildman–Crippen MR) is 73.9 cm³/mol. The Balaban J connectivity index is 2.26. The van der Waals surface area contributed by atoms with Gasteiger partial charge in [-0.3, -0.25) is 5.32 Å². The molecule has 1 heterocycles. The zero-order chi connectivity index (χ0) is 15.3. The van der Waals surface area contributed by atoms with Crippen LogP contribution in [0.2, 0.25) is 0 Å². The van der Waals surface area contributed by atoms with Crippen LogP contribution in [-0.4, -0.2) is 33.0 Å². The summed E-state index contributed by atoms with van der Waals surface area (Å²) in [6.45, 7) is 2.43. The van der Waals surface area contributed by atoms with Crippen molar-refractivity contribution in [1.82, 2.24) is 5.32 Å². The van der Waals surface area contributed by atoms with Crippen LogP contribution in [0, 0.1) is 0 Å².